The Morgan fingerprint density at radius 1 is 1.35 bits per heavy atom. The molecule has 0 atom stereocenters. The number of hydrogen-bond donors (Lipinski definition) is 1. The van der Waals surface area contributed by atoms with Gasteiger partial charge in [0.05, 0.1) is 13.2 Å². The van der Waals surface area contributed by atoms with Gasteiger partial charge in [0.2, 0.25) is 0 Å². The zero-order valence-corrected chi connectivity index (χ0v) is 11.3. The van der Waals surface area contributed by atoms with E-state index in [0.29, 0.717) is 13.2 Å². The monoisotopic (exact) mass is 301 g/mol. The van der Waals surface area contributed by atoms with Gasteiger partial charge in [-0.25, -0.2) is 4.79 Å². The molecule has 0 aliphatic heterocycles. The number of carbonyl (C=O) groups excluding carboxylic acids is 1. The van der Waals surface area contributed by atoms with Crippen LogP contribution in [-0.4, -0.2) is 19.3 Å². The Balaban J connectivity index is 2.28. The van der Waals surface area contributed by atoms with E-state index in [-0.39, 0.29) is 0 Å². The van der Waals surface area contributed by atoms with Crippen molar-refractivity contribution in [3.8, 4) is 0 Å². The third-order valence-corrected chi connectivity index (χ3v) is 2.77. The number of rotatable bonds is 6. The van der Waals surface area contributed by atoms with E-state index in [4.69, 9.17) is 4.84 Å². The number of hydroxylamine groups is 1. The summed E-state index contributed by atoms with van der Waals surface area (Å²) < 4.78 is 4.66. The van der Waals surface area contributed by atoms with Gasteiger partial charge in [-0.1, -0.05) is 40.2 Å². The second-order valence-corrected chi connectivity index (χ2v) is 3.88. The third-order valence-electron chi connectivity index (χ3n) is 2.17. The van der Waals surface area contributed by atoms with E-state index in [1.165, 1.54) is 11.1 Å². The molecule has 0 bridgehead atoms. The Bertz CT molecular complexity index is 357. The summed E-state index contributed by atoms with van der Waals surface area (Å²) in [4.78, 5) is 15.9. The van der Waals surface area contributed by atoms with Crippen LogP contribution in [-0.2, 0) is 21.3 Å². The lowest BCUT2D eigenvalue weighted by Crippen LogP contribution is -2.25. The standard InChI is InChI=1S/C12H16BrNO3/c1-2-16-12(15)14-17-8-7-10-5-3-4-6-11(10)9-13/h3-6H,2,7-9H2,1H3,(H,14,15). The van der Waals surface area contributed by atoms with Crippen LogP contribution in [0.5, 0.6) is 0 Å². The summed E-state index contributed by atoms with van der Waals surface area (Å²) in [6.45, 7) is 2.50. The van der Waals surface area contributed by atoms with Gasteiger partial charge in [-0.15, -0.1) is 0 Å². The molecular weight excluding hydrogens is 286 g/mol. The van der Waals surface area contributed by atoms with Crippen molar-refractivity contribution < 1.29 is 14.4 Å². The molecule has 0 aromatic heterocycles. The summed E-state index contributed by atoms with van der Waals surface area (Å²) in [5.41, 5.74) is 4.65. The molecule has 1 amide bonds. The number of carbonyl (C=O) groups is 1. The van der Waals surface area contributed by atoms with Crippen molar-refractivity contribution in [1.29, 1.82) is 0 Å². The Hall–Kier alpha value is -1.07. The van der Waals surface area contributed by atoms with E-state index < -0.39 is 6.09 Å². The molecule has 5 heteroatoms. The number of benzene rings is 1. The van der Waals surface area contributed by atoms with Crippen molar-refractivity contribution in [3.05, 3.63) is 35.4 Å². The molecule has 1 rings (SSSR count). The minimum Gasteiger partial charge on any atom is -0.448 e. The zero-order chi connectivity index (χ0) is 12.5. The lowest BCUT2D eigenvalue weighted by atomic mass is 10.1. The minimum atomic E-state index is -0.554. The molecule has 0 fully saturated rings. The van der Waals surface area contributed by atoms with Crippen LogP contribution < -0.4 is 5.48 Å². The second kappa shape index (κ2) is 8.08. The first-order valence-corrected chi connectivity index (χ1v) is 6.57. The lowest BCUT2D eigenvalue weighted by Gasteiger charge is -2.08. The van der Waals surface area contributed by atoms with Gasteiger partial charge < -0.3 is 4.74 Å². The largest absolute Gasteiger partial charge is 0.448 e. The SMILES string of the molecule is CCOC(=O)NOCCc1ccccc1CBr. The van der Waals surface area contributed by atoms with Gasteiger partial charge in [0.1, 0.15) is 0 Å². The van der Waals surface area contributed by atoms with Crippen LogP contribution in [0, 0.1) is 0 Å². The molecule has 0 saturated carbocycles. The minimum absolute atomic E-state index is 0.335. The van der Waals surface area contributed by atoms with E-state index in [0.717, 1.165) is 11.8 Å². The van der Waals surface area contributed by atoms with Gasteiger partial charge in [-0.3, -0.25) is 4.84 Å². The van der Waals surface area contributed by atoms with Gasteiger partial charge in [-0.05, 0) is 24.5 Å². The number of nitrogens with one attached hydrogen (secondary N) is 1. The van der Waals surface area contributed by atoms with E-state index in [1.54, 1.807) is 6.92 Å². The molecule has 0 saturated heterocycles. The number of ether oxygens (including phenoxy) is 1. The molecular formula is C12H16BrNO3. The van der Waals surface area contributed by atoms with Crippen molar-refractivity contribution in [2.45, 2.75) is 18.7 Å². The number of alkyl halides is 1. The van der Waals surface area contributed by atoms with Crippen LogP contribution in [0.1, 0.15) is 18.1 Å². The van der Waals surface area contributed by atoms with Crippen molar-refractivity contribution in [2.24, 2.45) is 0 Å². The Morgan fingerprint density at radius 3 is 2.71 bits per heavy atom. The fraction of sp³-hybridized carbons (Fsp3) is 0.417. The lowest BCUT2D eigenvalue weighted by molar-refractivity contribution is 0.0310. The van der Waals surface area contributed by atoms with E-state index in [9.17, 15) is 4.79 Å². The van der Waals surface area contributed by atoms with Crippen molar-refractivity contribution in [1.82, 2.24) is 5.48 Å². The highest BCUT2D eigenvalue weighted by Gasteiger charge is 2.02. The van der Waals surface area contributed by atoms with Crippen LogP contribution in [0.15, 0.2) is 24.3 Å². The number of amides is 1. The number of halogens is 1. The summed E-state index contributed by atoms with van der Waals surface area (Å²) in [6, 6.07) is 8.09. The summed E-state index contributed by atoms with van der Waals surface area (Å²) >= 11 is 3.43. The Labute approximate surface area is 109 Å². The first-order chi connectivity index (χ1) is 8.27. The van der Waals surface area contributed by atoms with Crippen molar-refractivity contribution in [3.63, 3.8) is 0 Å². The Kier molecular flexibility index (Phi) is 6.65. The molecule has 1 N–H and O–H groups in total. The fourth-order valence-electron chi connectivity index (χ4n) is 1.36. The van der Waals surface area contributed by atoms with Gasteiger partial charge in [-0.2, -0.15) is 5.48 Å². The topological polar surface area (TPSA) is 47.6 Å². The van der Waals surface area contributed by atoms with Gasteiger partial charge in [0.15, 0.2) is 0 Å². The maximum Gasteiger partial charge on any atom is 0.431 e. The maximum atomic E-state index is 10.9. The molecule has 0 radical (unpaired) electrons. The summed E-state index contributed by atoms with van der Waals surface area (Å²) in [5, 5.41) is 0.814. The summed E-state index contributed by atoms with van der Waals surface area (Å²) in [7, 11) is 0. The highest BCUT2D eigenvalue weighted by atomic mass is 79.9. The first-order valence-electron chi connectivity index (χ1n) is 5.45. The molecule has 0 heterocycles. The van der Waals surface area contributed by atoms with E-state index >= 15 is 0 Å². The van der Waals surface area contributed by atoms with Crippen molar-refractivity contribution in [2.75, 3.05) is 13.2 Å². The average molecular weight is 302 g/mol. The zero-order valence-electron chi connectivity index (χ0n) is 9.74. The maximum absolute atomic E-state index is 10.9. The predicted octanol–water partition coefficient (Wildman–Crippen LogP) is 2.80. The molecule has 1 aromatic rings. The number of hydrogen-bond acceptors (Lipinski definition) is 3. The van der Waals surface area contributed by atoms with Crippen LogP contribution in [0.4, 0.5) is 4.79 Å². The van der Waals surface area contributed by atoms with Crippen LogP contribution in [0.2, 0.25) is 0 Å². The molecule has 17 heavy (non-hydrogen) atoms. The Morgan fingerprint density at radius 2 is 2.06 bits per heavy atom. The average Bonchev–Trinajstić information content (AvgIpc) is 2.35. The summed E-state index contributed by atoms with van der Waals surface area (Å²) in [6.07, 6.45) is 0.190. The van der Waals surface area contributed by atoms with Crippen LogP contribution in [0.25, 0.3) is 0 Å². The molecule has 4 nitrogen and oxygen atoms in total. The summed E-state index contributed by atoms with van der Waals surface area (Å²) in [5.74, 6) is 0. The van der Waals surface area contributed by atoms with Gasteiger partial charge >= 0.3 is 6.09 Å². The third kappa shape index (κ3) is 5.19. The molecule has 94 valence electrons. The first kappa shape index (κ1) is 14.0. The molecule has 0 aliphatic carbocycles. The van der Waals surface area contributed by atoms with Gasteiger partial charge in [0, 0.05) is 5.33 Å². The van der Waals surface area contributed by atoms with E-state index in [2.05, 4.69) is 32.2 Å². The normalized spacial score (nSPS) is 10.0. The molecule has 0 spiro atoms. The smallest absolute Gasteiger partial charge is 0.431 e. The second-order valence-electron chi connectivity index (χ2n) is 3.32. The van der Waals surface area contributed by atoms with E-state index in [1.807, 2.05) is 18.2 Å². The fourth-order valence-corrected chi connectivity index (χ4v) is 1.91. The molecule has 0 aliphatic rings. The van der Waals surface area contributed by atoms with Crippen molar-refractivity contribution >= 4 is 22.0 Å². The van der Waals surface area contributed by atoms with Gasteiger partial charge in [0.25, 0.3) is 0 Å². The molecule has 1 aromatic carbocycles. The predicted molar refractivity (Wildman–Crippen MR) is 68.9 cm³/mol. The van der Waals surface area contributed by atoms with Crippen LogP contribution in [0.3, 0.4) is 0 Å². The molecule has 0 unspecified atom stereocenters. The van der Waals surface area contributed by atoms with Crippen LogP contribution >= 0.6 is 15.9 Å². The quantitative estimate of drug-likeness (QED) is 0.499. The highest BCUT2D eigenvalue weighted by molar-refractivity contribution is 9.08. The highest BCUT2D eigenvalue weighted by Crippen LogP contribution is 2.12.